The topological polar surface area (TPSA) is 220 Å². The molecule has 0 fully saturated rings. The van der Waals surface area contributed by atoms with Gasteiger partial charge in [-0.25, -0.2) is 4.79 Å². The predicted octanol–water partition coefficient (Wildman–Crippen LogP) is 5.90. The highest BCUT2D eigenvalue weighted by Gasteiger charge is 2.21. The van der Waals surface area contributed by atoms with Crippen molar-refractivity contribution in [1.29, 1.82) is 0 Å². The first-order chi connectivity index (χ1) is 20.4. The molecule has 0 aliphatic heterocycles. The molecule has 5 aromatic rings. The highest BCUT2D eigenvalue weighted by molar-refractivity contribution is 7.85. The van der Waals surface area contributed by atoms with Crippen LogP contribution in [0.4, 0.5) is 34.6 Å². The Morgan fingerprint density at radius 2 is 1.49 bits per heavy atom. The van der Waals surface area contributed by atoms with Crippen molar-refractivity contribution in [3.63, 3.8) is 0 Å². The van der Waals surface area contributed by atoms with Crippen LogP contribution in [0.2, 0.25) is 0 Å². The summed E-state index contributed by atoms with van der Waals surface area (Å²) in [5.74, 6) is -1.40. The van der Waals surface area contributed by atoms with Gasteiger partial charge in [-0.05, 0) is 67.3 Å². The molecule has 0 bridgehead atoms. The second kappa shape index (κ2) is 11.3. The van der Waals surface area contributed by atoms with E-state index in [2.05, 4.69) is 35.8 Å². The van der Waals surface area contributed by atoms with Crippen molar-refractivity contribution >= 4 is 61.5 Å². The number of carboxylic acids is 1. The molecule has 1 heterocycles. The maximum absolute atomic E-state index is 12.1. The van der Waals surface area contributed by atoms with Crippen LogP contribution in [-0.2, 0) is 10.1 Å². The molecule has 1 aromatic heterocycles. The lowest BCUT2D eigenvalue weighted by Gasteiger charge is -2.15. The summed E-state index contributed by atoms with van der Waals surface area (Å²) in [6.45, 7) is 3.18. The molecule has 15 heteroatoms. The van der Waals surface area contributed by atoms with Crippen molar-refractivity contribution < 1.29 is 33.1 Å². The van der Waals surface area contributed by atoms with E-state index in [-0.39, 0.29) is 56.9 Å². The Hall–Kier alpha value is -5.67. The van der Waals surface area contributed by atoms with E-state index in [4.69, 9.17) is 0 Å². The smallest absolute Gasteiger partial charge is 0.337 e. The Labute approximate surface area is 244 Å². The van der Waals surface area contributed by atoms with Gasteiger partial charge in [0.05, 0.1) is 21.8 Å². The number of anilines is 4. The SMILES string of the molecule is Cc1nc(Nc2ccccc2O)nc(Nc2cc(S(=O)(=O)O)cc3cc(C)c(N=Nc4ccccc4C(=O)O)c(O)c23)n1. The fraction of sp³-hybridized carbons (Fsp3) is 0.0714. The van der Waals surface area contributed by atoms with E-state index < -0.39 is 26.7 Å². The summed E-state index contributed by atoms with van der Waals surface area (Å²) in [5, 5.41) is 45.1. The van der Waals surface area contributed by atoms with Crippen molar-refractivity contribution in [2.75, 3.05) is 10.6 Å². The molecule has 4 aromatic carbocycles. The van der Waals surface area contributed by atoms with E-state index in [1.54, 1.807) is 44.2 Å². The molecule has 0 spiro atoms. The number of carboxylic acid groups (broad SMARTS) is 1. The van der Waals surface area contributed by atoms with E-state index in [1.165, 1.54) is 30.3 Å². The number of aromatic hydroxyl groups is 2. The molecule has 0 unspecified atom stereocenters. The van der Waals surface area contributed by atoms with Gasteiger partial charge in [0.2, 0.25) is 11.9 Å². The summed E-state index contributed by atoms with van der Waals surface area (Å²) in [7, 11) is -4.68. The fourth-order valence-corrected chi connectivity index (χ4v) is 4.80. The zero-order valence-corrected chi connectivity index (χ0v) is 23.3. The molecule has 0 saturated heterocycles. The highest BCUT2D eigenvalue weighted by Crippen LogP contribution is 2.44. The number of aryl methyl sites for hydroxylation is 2. The van der Waals surface area contributed by atoms with Crippen molar-refractivity contribution in [2.24, 2.45) is 10.2 Å². The van der Waals surface area contributed by atoms with Crippen LogP contribution in [-0.4, -0.2) is 49.2 Å². The highest BCUT2D eigenvalue weighted by atomic mass is 32.2. The fourth-order valence-electron chi connectivity index (χ4n) is 4.26. The van der Waals surface area contributed by atoms with Gasteiger partial charge >= 0.3 is 5.97 Å². The van der Waals surface area contributed by atoms with Gasteiger partial charge in [0.15, 0.2) is 5.75 Å². The van der Waals surface area contributed by atoms with E-state index in [0.29, 0.717) is 11.3 Å². The van der Waals surface area contributed by atoms with Crippen LogP contribution in [0.3, 0.4) is 0 Å². The number of nitrogens with one attached hydrogen (secondary N) is 2. The minimum Gasteiger partial charge on any atom is -0.506 e. The molecule has 218 valence electrons. The van der Waals surface area contributed by atoms with Crippen LogP contribution in [0.5, 0.6) is 11.5 Å². The molecule has 0 aliphatic carbocycles. The molecule has 0 saturated carbocycles. The third-order valence-corrected chi connectivity index (χ3v) is 7.01. The summed E-state index contributed by atoms with van der Waals surface area (Å²) in [6, 6.07) is 16.2. The monoisotopic (exact) mass is 601 g/mol. The average molecular weight is 602 g/mol. The van der Waals surface area contributed by atoms with E-state index >= 15 is 0 Å². The second-order valence-corrected chi connectivity index (χ2v) is 10.7. The van der Waals surface area contributed by atoms with Crippen LogP contribution >= 0.6 is 0 Å². The number of hydrogen-bond donors (Lipinski definition) is 6. The van der Waals surface area contributed by atoms with Crippen molar-refractivity contribution in [3.8, 4) is 11.5 Å². The molecule has 43 heavy (non-hydrogen) atoms. The molecular weight excluding hydrogens is 578 g/mol. The number of aromatic carboxylic acids is 1. The van der Waals surface area contributed by atoms with E-state index in [0.717, 1.165) is 6.07 Å². The zero-order valence-electron chi connectivity index (χ0n) is 22.5. The first kappa shape index (κ1) is 28.8. The number of azo groups is 1. The lowest BCUT2D eigenvalue weighted by Crippen LogP contribution is -2.07. The number of carbonyl (C=O) groups is 1. The third-order valence-electron chi connectivity index (χ3n) is 6.18. The van der Waals surface area contributed by atoms with E-state index in [9.17, 15) is 33.1 Å². The first-order valence-electron chi connectivity index (χ1n) is 12.5. The van der Waals surface area contributed by atoms with Crippen molar-refractivity contribution in [2.45, 2.75) is 18.7 Å². The minimum atomic E-state index is -4.68. The zero-order chi connectivity index (χ0) is 30.9. The van der Waals surface area contributed by atoms with Gasteiger partial charge < -0.3 is 26.0 Å². The number of nitrogens with zero attached hydrogens (tertiary/aromatic N) is 5. The maximum atomic E-state index is 12.1. The Kier molecular flexibility index (Phi) is 7.58. The molecule has 0 atom stereocenters. The molecule has 0 aliphatic rings. The number of phenols is 2. The third kappa shape index (κ3) is 6.17. The van der Waals surface area contributed by atoms with Crippen molar-refractivity contribution in [3.05, 3.63) is 83.7 Å². The van der Waals surface area contributed by atoms with Crippen LogP contribution < -0.4 is 10.6 Å². The summed E-state index contributed by atoms with van der Waals surface area (Å²) in [4.78, 5) is 23.8. The van der Waals surface area contributed by atoms with Gasteiger partial charge in [-0.15, -0.1) is 10.2 Å². The number of hydrogen-bond acceptors (Lipinski definition) is 12. The Bertz CT molecular complexity index is 2050. The number of fused-ring (bicyclic) bond motifs is 1. The number of para-hydroxylation sites is 2. The second-order valence-electron chi connectivity index (χ2n) is 9.25. The average Bonchev–Trinajstić information content (AvgIpc) is 2.93. The summed E-state index contributed by atoms with van der Waals surface area (Å²) in [6.07, 6.45) is 0. The van der Waals surface area contributed by atoms with Crippen LogP contribution in [0.25, 0.3) is 10.8 Å². The Morgan fingerprint density at radius 1 is 0.837 bits per heavy atom. The number of rotatable bonds is 8. The molecule has 5 rings (SSSR count). The maximum Gasteiger partial charge on any atom is 0.337 e. The first-order valence-corrected chi connectivity index (χ1v) is 13.9. The minimum absolute atomic E-state index is 0.0101. The standard InChI is InChI=1S/C28H23N7O7S/c1-14-11-16-12-17(43(40,41)42)13-21(23(16)25(37)24(14)35-34-19-8-4-3-7-18(19)26(38)39)32-28-30-15(2)29-27(33-28)31-20-9-5-6-10-22(20)36/h3-13,36-37H,1-2H3,(H,38,39)(H,40,41,42)(H2,29,30,31,32,33). The lowest BCUT2D eigenvalue weighted by atomic mass is 10.0. The van der Waals surface area contributed by atoms with Gasteiger partial charge in [-0.3, -0.25) is 4.55 Å². The number of phenolic OH excluding ortho intramolecular Hbond substituents is 2. The normalized spacial score (nSPS) is 11.6. The Balaban J connectivity index is 1.64. The Morgan fingerprint density at radius 3 is 2.16 bits per heavy atom. The largest absolute Gasteiger partial charge is 0.506 e. The predicted molar refractivity (Wildman–Crippen MR) is 157 cm³/mol. The lowest BCUT2D eigenvalue weighted by molar-refractivity contribution is 0.0697. The summed E-state index contributed by atoms with van der Waals surface area (Å²) >= 11 is 0. The van der Waals surface area contributed by atoms with Gasteiger partial charge in [0.1, 0.15) is 22.9 Å². The van der Waals surface area contributed by atoms with Crippen LogP contribution in [0.15, 0.2) is 81.9 Å². The number of aromatic nitrogens is 3. The molecule has 6 N–H and O–H groups in total. The molecular formula is C28H23N7O7S. The van der Waals surface area contributed by atoms with Crippen LogP contribution in [0, 0.1) is 13.8 Å². The van der Waals surface area contributed by atoms with Gasteiger partial charge in [0, 0.05) is 5.39 Å². The van der Waals surface area contributed by atoms with Gasteiger partial charge in [0.25, 0.3) is 10.1 Å². The molecule has 0 radical (unpaired) electrons. The quantitative estimate of drug-likeness (QED) is 0.0695. The molecule has 14 nitrogen and oxygen atoms in total. The van der Waals surface area contributed by atoms with Crippen molar-refractivity contribution in [1.82, 2.24) is 15.0 Å². The molecule has 0 amide bonds. The summed E-state index contributed by atoms with van der Waals surface area (Å²) in [5.41, 5.74) is 0.644. The number of benzene rings is 4. The summed E-state index contributed by atoms with van der Waals surface area (Å²) < 4.78 is 34.1. The van der Waals surface area contributed by atoms with Gasteiger partial charge in [-0.1, -0.05) is 24.3 Å². The van der Waals surface area contributed by atoms with Crippen LogP contribution in [0.1, 0.15) is 21.7 Å². The van der Waals surface area contributed by atoms with Gasteiger partial charge in [-0.2, -0.15) is 23.4 Å². The van der Waals surface area contributed by atoms with E-state index in [1.807, 2.05) is 0 Å².